The summed E-state index contributed by atoms with van der Waals surface area (Å²) in [7, 11) is 0. The van der Waals surface area contributed by atoms with Crippen LogP contribution in [0.5, 0.6) is 0 Å². The molecule has 0 N–H and O–H groups in total. The van der Waals surface area contributed by atoms with Gasteiger partial charge < -0.3 is 9.05 Å². The van der Waals surface area contributed by atoms with Gasteiger partial charge in [0.2, 0.25) is 0 Å². The molecule has 0 radical (unpaired) electrons. The zero-order chi connectivity index (χ0) is 14.1. The molecule has 1 aromatic carbocycles. The van der Waals surface area contributed by atoms with E-state index in [0.717, 1.165) is 5.56 Å². The highest BCUT2D eigenvalue weighted by Crippen LogP contribution is 2.27. The summed E-state index contributed by atoms with van der Waals surface area (Å²) in [4.78, 5) is 4.43. The Bertz CT molecular complexity index is 730. The normalized spacial score (nSPS) is 12.6. The lowest BCUT2D eigenvalue weighted by Gasteiger charge is -2.09. The number of aromatic nitrogens is 3. The molecule has 5 nitrogen and oxygen atoms in total. The lowest BCUT2D eigenvalue weighted by Crippen LogP contribution is -2.00. The summed E-state index contributed by atoms with van der Waals surface area (Å²) in [6, 6.07) is 8.19. The van der Waals surface area contributed by atoms with Crippen molar-refractivity contribution in [2.45, 2.75) is 26.7 Å². The summed E-state index contributed by atoms with van der Waals surface area (Å²) in [5.74, 6) is 1.12. The minimum Gasteiger partial charge on any atom is -0.364 e. The molecule has 0 aliphatic heterocycles. The van der Waals surface area contributed by atoms with Crippen LogP contribution in [0.15, 0.2) is 39.6 Å². The van der Waals surface area contributed by atoms with Crippen LogP contribution in [0.2, 0.25) is 0 Å². The molecule has 0 spiro atoms. The van der Waals surface area contributed by atoms with Gasteiger partial charge in [0, 0.05) is 11.5 Å². The predicted molar refractivity (Wildman–Crippen MR) is 73.2 cm³/mol. The molecule has 0 aliphatic rings. The van der Waals surface area contributed by atoms with Crippen molar-refractivity contribution in [2.24, 2.45) is 0 Å². The Hall–Kier alpha value is -2.43. The molecule has 0 aliphatic carbocycles. The Morgan fingerprint density at radius 2 is 1.85 bits per heavy atom. The first-order valence-electron chi connectivity index (χ1n) is 6.47. The minimum atomic E-state index is 0.0703. The monoisotopic (exact) mass is 269 g/mol. The van der Waals surface area contributed by atoms with E-state index in [1.165, 1.54) is 11.1 Å². The van der Waals surface area contributed by atoms with Crippen molar-refractivity contribution in [1.29, 1.82) is 0 Å². The molecule has 2 heterocycles. The quantitative estimate of drug-likeness (QED) is 0.728. The summed E-state index contributed by atoms with van der Waals surface area (Å²) < 4.78 is 10.2. The minimum absolute atomic E-state index is 0.0703. The van der Waals surface area contributed by atoms with Gasteiger partial charge in [-0.3, -0.25) is 0 Å². The number of hydrogen-bond donors (Lipinski definition) is 0. The molecule has 20 heavy (non-hydrogen) atoms. The smallest absolute Gasteiger partial charge is 0.280 e. The molecule has 1 atom stereocenters. The van der Waals surface area contributed by atoms with Crippen molar-refractivity contribution in [2.75, 3.05) is 0 Å². The van der Waals surface area contributed by atoms with Gasteiger partial charge in [0.1, 0.15) is 6.26 Å². The van der Waals surface area contributed by atoms with Gasteiger partial charge in [0.15, 0.2) is 11.5 Å². The fourth-order valence-electron chi connectivity index (χ4n) is 2.21. The van der Waals surface area contributed by atoms with Crippen molar-refractivity contribution in [1.82, 2.24) is 15.3 Å². The first-order chi connectivity index (χ1) is 9.66. The number of nitrogens with zero attached hydrogens (tertiary/aromatic N) is 3. The molecule has 5 heteroatoms. The molecule has 1 unspecified atom stereocenters. The lowest BCUT2D eigenvalue weighted by atomic mass is 9.96. The van der Waals surface area contributed by atoms with Gasteiger partial charge in [0.05, 0.1) is 0 Å². The van der Waals surface area contributed by atoms with E-state index in [1.54, 1.807) is 6.26 Å². The summed E-state index contributed by atoms with van der Waals surface area (Å²) in [5.41, 5.74) is 3.88. The average Bonchev–Trinajstić information content (AvgIpc) is 3.07. The highest BCUT2D eigenvalue weighted by Gasteiger charge is 2.20. The van der Waals surface area contributed by atoms with Crippen molar-refractivity contribution in [3.05, 3.63) is 53.0 Å². The lowest BCUT2D eigenvalue weighted by molar-refractivity contribution is 0.401. The van der Waals surface area contributed by atoms with Gasteiger partial charge in [-0.05, 0) is 25.0 Å². The SMILES string of the molecule is Cc1ccccc1C(C)c1noc(-c2nocc2C)n1. The van der Waals surface area contributed by atoms with E-state index in [1.807, 2.05) is 19.1 Å². The summed E-state index contributed by atoms with van der Waals surface area (Å²) >= 11 is 0. The molecule has 102 valence electrons. The Morgan fingerprint density at radius 3 is 2.55 bits per heavy atom. The highest BCUT2D eigenvalue weighted by molar-refractivity contribution is 5.50. The third-order valence-corrected chi connectivity index (χ3v) is 3.43. The van der Waals surface area contributed by atoms with Gasteiger partial charge in [-0.25, -0.2) is 0 Å². The molecule has 0 fully saturated rings. The maximum absolute atomic E-state index is 5.29. The molecule has 0 saturated carbocycles. The van der Waals surface area contributed by atoms with Crippen LogP contribution in [-0.4, -0.2) is 15.3 Å². The fourth-order valence-corrected chi connectivity index (χ4v) is 2.21. The van der Waals surface area contributed by atoms with Crippen LogP contribution in [0.3, 0.4) is 0 Å². The first-order valence-corrected chi connectivity index (χ1v) is 6.47. The Kier molecular flexibility index (Phi) is 3.10. The third kappa shape index (κ3) is 2.11. The maximum atomic E-state index is 5.29. The van der Waals surface area contributed by atoms with Gasteiger partial charge in [0.25, 0.3) is 5.89 Å². The van der Waals surface area contributed by atoms with Crippen LogP contribution in [0.4, 0.5) is 0 Å². The van der Waals surface area contributed by atoms with E-state index in [-0.39, 0.29) is 5.92 Å². The summed E-state index contributed by atoms with van der Waals surface area (Å²) in [6.07, 6.45) is 1.56. The van der Waals surface area contributed by atoms with E-state index in [2.05, 4.69) is 41.3 Å². The van der Waals surface area contributed by atoms with E-state index < -0.39 is 0 Å². The molecule has 3 aromatic rings. The second-order valence-corrected chi connectivity index (χ2v) is 4.88. The van der Waals surface area contributed by atoms with Crippen molar-refractivity contribution in [3.63, 3.8) is 0 Å². The topological polar surface area (TPSA) is 65.0 Å². The highest BCUT2D eigenvalue weighted by atomic mass is 16.5. The molecule has 0 amide bonds. The number of rotatable bonds is 3. The van der Waals surface area contributed by atoms with Crippen LogP contribution in [-0.2, 0) is 0 Å². The molecular formula is C15H15N3O2. The van der Waals surface area contributed by atoms with E-state index in [0.29, 0.717) is 17.4 Å². The third-order valence-electron chi connectivity index (χ3n) is 3.43. The largest absolute Gasteiger partial charge is 0.364 e. The molecule has 0 bridgehead atoms. The first kappa shape index (κ1) is 12.6. The van der Waals surface area contributed by atoms with Crippen LogP contribution in [0, 0.1) is 13.8 Å². The van der Waals surface area contributed by atoms with Crippen LogP contribution in [0.25, 0.3) is 11.6 Å². The zero-order valence-corrected chi connectivity index (χ0v) is 11.6. The predicted octanol–water partition coefficient (Wildman–Crippen LogP) is 3.49. The van der Waals surface area contributed by atoms with Crippen molar-refractivity contribution < 1.29 is 9.05 Å². The van der Waals surface area contributed by atoms with Gasteiger partial charge in [-0.1, -0.05) is 41.5 Å². The summed E-state index contributed by atoms with van der Waals surface area (Å²) in [5, 5.41) is 7.94. The standard InChI is InChI=1S/C15H15N3O2/c1-9-6-4-5-7-12(9)11(3)14-16-15(20-18-14)13-10(2)8-19-17-13/h4-8,11H,1-3H3. The summed E-state index contributed by atoms with van der Waals surface area (Å²) in [6.45, 7) is 6.03. The second kappa shape index (κ2) is 4.92. The Morgan fingerprint density at radius 1 is 1.05 bits per heavy atom. The number of aryl methyl sites for hydroxylation is 2. The average molecular weight is 269 g/mol. The van der Waals surface area contributed by atoms with Gasteiger partial charge >= 0.3 is 0 Å². The fraction of sp³-hybridized carbons (Fsp3) is 0.267. The van der Waals surface area contributed by atoms with Crippen LogP contribution >= 0.6 is 0 Å². The molecule has 2 aromatic heterocycles. The van der Waals surface area contributed by atoms with Gasteiger partial charge in [-0.2, -0.15) is 4.98 Å². The van der Waals surface area contributed by atoms with E-state index in [9.17, 15) is 0 Å². The number of hydrogen-bond acceptors (Lipinski definition) is 5. The maximum Gasteiger partial charge on any atom is 0.280 e. The zero-order valence-electron chi connectivity index (χ0n) is 11.6. The Balaban J connectivity index is 1.95. The van der Waals surface area contributed by atoms with E-state index in [4.69, 9.17) is 9.05 Å². The van der Waals surface area contributed by atoms with Crippen molar-refractivity contribution in [3.8, 4) is 11.6 Å². The Labute approximate surface area is 116 Å². The molecule has 3 rings (SSSR count). The van der Waals surface area contributed by atoms with Crippen LogP contribution < -0.4 is 0 Å². The van der Waals surface area contributed by atoms with E-state index >= 15 is 0 Å². The molecule has 0 saturated heterocycles. The van der Waals surface area contributed by atoms with Crippen LogP contribution in [0.1, 0.15) is 35.4 Å². The van der Waals surface area contributed by atoms with Gasteiger partial charge in [-0.15, -0.1) is 0 Å². The van der Waals surface area contributed by atoms with Crippen molar-refractivity contribution >= 4 is 0 Å². The number of benzene rings is 1. The second-order valence-electron chi connectivity index (χ2n) is 4.88. The molecular weight excluding hydrogens is 254 g/mol.